The maximum absolute atomic E-state index is 11.7. The molecule has 1 atom stereocenters. The smallest absolute Gasteiger partial charge is 0.407 e. The maximum atomic E-state index is 11.7. The summed E-state index contributed by atoms with van der Waals surface area (Å²) in [7, 11) is 0. The average molecular weight is 419 g/mol. The summed E-state index contributed by atoms with van der Waals surface area (Å²) in [6.45, 7) is 13.5. The summed E-state index contributed by atoms with van der Waals surface area (Å²) in [4.78, 5) is 43.4. The first-order chi connectivity index (χ1) is 12.9. The summed E-state index contributed by atoms with van der Waals surface area (Å²) < 4.78 is 5.11. The maximum Gasteiger partial charge on any atom is 0.407 e. The fraction of sp³-hybridized carbons (Fsp3) is 0.800. The molecule has 0 saturated heterocycles. The fourth-order valence-corrected chi connectivity index (χ4v) is 2.23. The molecule has 2 amide bonds. The van der Waals surface area contributed by atoms with Crippen LogP contribution in [0.3, 0.4) is 0 Å². The van der Waals surface area contributed by atoms with Crippen molar-refractivity contribution in [1.82, 2.24) is 10.6 Å². The Morgan fingerprint density at radius 1 is 1.00 bits per heavy atom. The second kappa shape index (κ2) is 16.4. The molecule has 8 heteroatoms. The van der Waals surface area contributed by atoms with E-state index < -0.39 is 11.7 Å². The molecule has 0 aliphatic heterocycles. The number of hydrogen-bond acceptors (Lipinski definition) is 6. The summed E-state index contributed by atoms with van der Waals surface area (Å²) in [5.74, 6) is 0.518. The highest BCUT2D eigenvalue weighted by Crippen LogP contribution is 2.07. The summed E-state index contributed by atoms with van der Waals surface area (Å²) in [5.41, 5.74) is -0.479. The lowest BCUT2D eigenvalue weighted by atomic mass is 10.0. The Balaban J connectivity index is 0. The molecule has 0 aromatic carbocycles. The summed E-state index contributed by atoms with van der Waals surface area (Å²) >= 11 is 1.05. The molecular formula is C20H38N2O5S. The van der Waals surface area contributed by atoms with Crippen LogP contribution in [-0.4, -0.2) is 47.3 Å². The number of alkyl carbamates (subject to hydrolysis) is 1. The number of carbonyl (C=O) groups excluding carboxylic acids is 4. The molecule has 0 fully saturated rings. The lowest BCUT2D eigenvalue weighted by Crippen LogP contribution is -2.35. The molecule has 28 heavy (non-hydrogen) atoms. The van der Waals surface area contributed by atoms with Gasteiger partial charge in [-0.25, -0.2) is 4.79 Å². The average Bonchev–Trinajstić information content (AvgIpc) is 2.56. The van der Waals surface area contributed by atoms with Gasteiger partial charge in [-0.3, -0.25) is 14.4 Å². The first-order valence-electron chi connectivity index (χ1n) is 9.76. The van der Waals surface area contributed by atoms with Gasteiger partial charge in [0, 0.05) is 25.9 Å². The van der Waals surface area contributed by atoms with Gasteiger partial charge in [-0.1, -0.05) is 38.5 Å². The molecule has 0 spiro atoms. The van der Waals surface area contributed by atoms with E-state index in [2.05, 4.69) is 17.6 Å². The third-order valence-electron chi connectivity index (χ3n) is 3.24. The lowest BCUT2D eigenvalue weighted by molar-refractivity contribution is -0.124. The Morgan fingerprint density at radius 2 is 1.57 bits per heavy atom. The third-order valence-corrected chi connectivity index (χ3v) is 4.20. The van der Waals surface area contributed by atoms with E-state index in [-0.39, 0.29) is 22.7 Å². The molecule has 0 radical (unpaired) electrons. The van der Waals surface area contributed by atoms with Crippen molar-refractivity contribution in [2.24, 2.45) is 5.92 Å². The van der Waals surface area contributed by atoms with Crippen molar-refractivity contribution in [3.8, 4) is 0 Å². The molecule has 0 bridgehead atoms. The van der Waals surface area contributed by atoms with Crippen molar-refractivity contribution < 1.29 is 23.9 Å². The van der Waals surface area contributed by atoms with Gasteiger partial charge in [-0.05, 0) is 40.5 Å². The number of ketones is 1. The highest BCUT2D eigenvalue weighted by molar-refractivity contribution is 8.14. The normalized spacial score (nSPS) is 11.5. The molecule has 7 nitrogen and oxygen atoms in total. The van der Waals surface area contributed by atoms with Crippen molar-refractivity contribution in [3.63, 3.8) is 0 Å². The molecule has 0 aromatic heterocycles. The van der Waals surface area contributed by atoms with Crippen LogP contribution in [0.15, 0.2) is 0 Å². The van der Waals surface area contributed by atoms with E-state index in [0.29, 0.717) is 25.3 Å². The molecule has 0 unspecified atom stereocenters. The van der Waals surface area contributed by atoms with Gasteiger partial charge in [0.15, 0.2) is 5.12 Å². The van der Waals surface area contributed by atoms with E-state index in [4.69, 9.17) is 4.74 Å². The molecule has 0 aliphatic carbocycles. The summed E-state index contributed by atoms with van der Waals surface area (Å²) in [6, 6.07) is 0. The zero-order chi connectivity index (χ0) is 22.2. The highest BCUT2D eigenvalue weighted by atomic mass is 32.2. The summed E-state index contributed by atoms with van der Waals surface area (Å²) in [5, 5.41) is 5.55. The number of unbranched alkanes of at least 4 members (excludes halogenated alkanes) is 1. The van der Waals surface area contributed by atoms with Gasteiger partial charge >= 0.3 is 6.09 Å². The number of rotatable bonds is 10. The van der Waals surface area contributed by atoms with E-state index in [9.17, 15) is 19.2 Å². The second-order valence-corrected chi connectivity index (χ2v) is 8.75. The number of Topliss-reactive ketones (excluding diaryl/α,β-unsaturated/α-hetero) is 1. The predicted molar refractivity (Wildman–Crippen MR) is 114 cm³/mol. The molecule has 0 saturated carbocycles. The lowest BCUT2D eigenvalue weighted by Gasteiger charge is -2.19. The SMILES string of the molecule is CC(=O)CSC(C)=O.CCCC[C@H](C)C(=O)NCCCNC(=O)OC(C)(C)C. The van der Waals surface area contributed by atoms with Gasteiger partial charge in [0.1, 0.15) is 11.4 Å². The van der Waals surface area contributed by atoms with Crippen LogP contribution >= 0.6 is 11.8 Å². The van der Waals surface area contributed by atoms with Crippen molar-refractivity contribution in [2.45, 2.75) is 79.8 Å². The van der Waals surface area contributed by atoms with Crippen molar-refractivity contribution >= 4 is 34.7 Å². The molecule has 164 valence electrons. The molecule has 2 N–H and O–H groups in total. The Bertz CT molecular complexity index is 475. The van der Waals surface area contributed by atoms with Crippen LogP contribution in [0, 0.1) is 5.92 Å². The van der Waals surface area contributed by atoms with Gasteiger partial charge in [0.25, 0.3) is 0 Å². The Hall–Kier alpha value is -1.57. The summed E-state index contributed by atoms with van der Waals surface area (Å²) in [6.07, 6.45) is 3.40. The third kappa shape index (κ3) is 22.5. The van der Waals surface area contributed by atoms with Gasteiger partial charge < -0.3 is 15.4 Å². The van der Waals surface area contributed by atoms with E-state index in [1.54, 1.807) is 0 Å². The minimum absolute atomic E-state index is 0.000185. The minimum atomic E-state index is -0.479. The van der Waals surface area contributed by atoms with Crippen LogP contribution in [0.2, 0.25) is 0 Å². The van der Waals surface area contributed by atoms with Crippen LogP contribution in [0.4, 0.5) is 4.79 Å². The van der Waals surface area contributed by atoms with Crippen LogP contribution in [0.1, 0.15) is 74.1 Å². The van der Waals surface area contributed by atoms with Crippen LogP contribution in [0.25, 0.3) is 0 Å². The largest absolute Gasteiger partial charge is 0.444 e. The minimum Gasteiger partial charge on any atom is -0.444 e. The second-order valence-electron chi connectivity index (χ2n) is 7.60. The Morgan fingerprint density at radius 3 is 2.00 bits per heavy atom. The molecule has 0 aromatic rings. The van der Waals surface area contributed by atoms with Gasteiger partial charge in [0.05, 0.1) is 5.75 Å². The Kier molecular flexibility index (Phi) is 16.8. The quantitative estimate of drug-likeness (QED) is 0.525. The number of amides is 2. The standard InChI is InChI=1S/C15H30N2O3.C5H8O2S/c1-6-7-9-12(2)13(18)16-10-8-11-17-14(19)20-15(3,4)5;1-4(6)3-8-5(2)7/h12H,6-11H2,1-5H3,(H,16,18)(H,17,19);3H2,1-2H3/t12-;/m0./s1. The number of carbonyl (C=O) groups is 4. The molecule has 0 heterocycles. The van der Waals surface area contributed by atoms with Crippen molar-refractivity contribution in [2.75, 3.05) is 18.8 Å². The van der Waals surface area contributed by atoms with Crippen molar-refractivity contribution in [1.29, 1.82) is 0 Å². The van der Waals surface area contributed by atoms with Gasteiger partial charge in [-0.15, -0.1) is 0 Å². The first-order valence-corrected chi connectivity index (χ1v) is 10.7. The number of hydrogen-bond donors (Lipinski definition) is 2. The zero-order valence-electron chi connectivity index (χ0n) is 18.5. The number of nitrogens with one attached hydrogen (secondary N) is 2. The highest BCUT2D eigenvalue weighted by Gasteiger charge is 2.15. The van der Waals surface area contributed by atoms with E-state index in [0.717, 1.165) is 31.0 Å². The molecular weight excluding hydrogens is 380 g/mol. The fourth-order valence-electron chi connectivity index (χ4n) is 1.82. The van der Waals surface area contributed by atoms with Gasteiger partial charge in [-0.2, -0.15) is 0 Å². The first kappa shape index (κ1) is 28.6. The topological polar surface area (TPSA) is 102 Å². The number of ether oxygens (including phenoxy) is 1. The number of thioether (sulfide) groups is 1. The van der Waals surface area contributed by atoms with E-state index in [1.807, 2.05) is 27.7 Å². The Labute approximate surface area is 174 Å². The van der Waals surface area contributed by atoms with E-state index in [1.165, 1.54) is 13.8 Å². The predicted octanol–water partition coefficient (Wildman–Crippen LogP) is 3.70. The molecule has 0 aliphatic rings. The van der Waals surface area contributed by atoms with Crippen LogP contribution in [-0.2, 0) is 19.1 Å². The van der Waals surface area contributed by atoms with Gasteiger partial charge in [0.2, 0.25) is 5.91 Å². The van der Waals surface area contributed by atoms with Crippen molar-refractivity contribution in [3.05, 3.63) is 0 Å². The zero-order valence-corrected chi connectivity index (χ0v) is 19.3. The molecule has 0 rings (SSSR count). The van der Waals surface area contributed by atoms with Crippen LogP contribution in [0.5, 0.6) is 0 Å². The monoisotopic (exact) mass is 418 g/mol. The van der Waals surface area contributed by atoms with Crippen LogP contribution < -0.4 is 10.6 Å². The van der Waals surface area contributed by atoms with E-state index >= 15 is 0 Å².